The van der Waals surface area contributed by atoms with Gasteiger partial charge in [0.05, 0.1) is 11.9 Å². The van der Waals surface area contributed by atoms with Gasteiger partial charge in [-0.3, -0.25) is 4.98 Å². The van der Waals surface area contributed by atoms with Gasteiger partial charge in [0, 0.05) is 18.3 Å². The molecular formula is C15H25N3. The molecule has 3 nitrogen and oxygen atoms in total. The van der Waals surface area contributed by atoms with Crippen molar-refractivity contribution < 1.29 is 0 Å². The number of aromatic nitrogens is 1. The van der Waals surface area contributed by atoms with Crippen LogP contribution in [0.5, 0.6) is 0 Å². The van der Waals surface area contributed by atoms with E-state index >= 15 is 0 Å². The van der Waals surface area contributed by atoms with E-state index in [0.29, 0.717) is 6.04 Å². The molecule has 2 rings (SSSR count). The summed E-state index contributed by atoms with van der Waals surface area (Å²) in [5.41, 5.74) is 2.24. The van der Waals surface area contributed by atoms with E-state index in [1.54, 1.807) is 0 Å². The van der Waals surface area contributed by atoms with Crippen LogP contribution in [0.1, 0.15) is 38.3 Å². The highest BCUT2D eigenvalue weighted by atomic mass is 15.1. The summed E-state index contributed by atoms with van der Waals surface area (Å²) in [6.45, 7) is 8.03. The average molecular weight is 247 g/mol. The van der Waals surface area contributed by atoms with Crippen LogP contribution in [0.25, 0.3) is 0 Å². The minimum absolute atomic E-state index is 0.608. The third-order valence-corrected chi connectivity index (χ3v) is 3.64. The Morgan fingerprint density at radius 3 is 2.94 bits per heavy atom. The van der Waals surface area contributed by atoms with E-state index in [9.17, 15) is 0 Å². The van der Waals surface area contributed by atoms with Gasteiger partial charge >= 0.3 is 0 Å². The molecule has 18 heavy (non-hydrogen) atoms. The third kappa shape index (κ3) is 3.98. The smallest absolute Gasteiger partial charge is 0.0529 e. The van der Waals surface area contributed by atoms with Crippen molar-refractivity contribution in [1.82, 2.24) is 9.88 Å². The van der Waals surface area contributed by atoms with E-state index in [1.807, 2.05) is 13.1 Å². The van der Waals surface area contributed by atoms with Crippen LogP contribution < -0.4 is 5.32 Å². The maximum Gasteiger partial charge on any atom is 0.0529 e. The summed E-state index contributed by atoms with van der Waals surface area (Å²) in [5.74, 6) is 0. The van der Waals surface area contributed by atoms with E-state index in [1.165, 1.54) is 45.3 Å². The summed E-state index contributed by atoms with van der Waals surface area (Å²) in [6, 6.07) is 4.82. The molecule has 0 saturated carbocycles. The molecule has 1 aliphatic heterocycles. The van der Waals surface area contributed by atoms with E-state index in [4.69, 9.17) is 0 Å². The normalized spacial score (nSPS) is 21.6. The Morgan fingerprint density at radius 2 is 2.22 bits per heavy atom. The molecular weight excluding hydrogens is 222 g/mol. The maximum atomic E-state index is 4.34. The molecule has 1 aromatic rings. The van der Waals surface area contributed by atoms with Gasteiger partial charge in [-0.15, -0.1) is 0 Å². The second-order valence-electron chi connectivity index (χ2n) is 5.30. The van der Waals surface area contributed by atoms with E-state index in [2.05, 4.69) is 34.3 Å². The number of nitrogens with zero attached hydrogens (tertiary/aromatic N) is 2. The molecule has 0 aromatic carbocycles. The number of hydrogen-bond acceptors (Lipinski definition) is 3. The van der Waals surface area contributed by atoms with Gasteiger partial charge in [-0.05, 0) is 57.8 Å². The lowest BCUT2D eigenvalue weighted by Crippen LogP contribution is -2.27. The third-order valence-electron chi connectivity index (χ3n) is 3.64. The highest BCUT2D eigenvalue weighted by Crippen LogP contribution is 2.16. The first-order valence-corrected chi connectivity index (χ1v) is 7.19. The molecule has 0 aliphatic carbocycles. The van der Waals surface area contributed by atoms with Gasteiger partial charge in [0.15, 0.2) is 0 Å². The fourth-order valence-corrected chi connectivity index (χ4v) is 2.63. The number of pyridine rings is 1. The van der Waals surface area contributed by atoms with Crippen LogP contribution in [0.2, 0.25) is 0 Å². The standard InChI is InChI=1S/C15H25N3/c1-3-9-18-10-4-5-14(8-11-18)17-15-7-6-13(2)16-12-15/h6-7,12,14,17H,3-5,8-11H2,1-2H3. The highest BCUT2D eigenvalue weighted by Gasteiger charge is 2.16. The van der Waals surface area contributed by atoms with Crippen molar-refractivity contribution in [1.29, 1.82) is 0 Å². The quantitative estimate of drug-likeness (QED) is 0.886. The number of anilines is 1. The second kappa shape index (κ2) is 6.74. The van der Waals surface area contributed by atoms with Gasteiger partial charge in [-0.2, -0.15) is 0 Å². The van der Waals surface area contributed by atoms with Crippen LogP contribution >= 0.6 is 0 Å². The molecule has 1 saturated heterocycles. The Morgan fingerprint density at radius 1 is 1.33 bits per heavy atom. The molecule has 100 valence electrons. The monoisotopic (exact) mass is 247 g/mol. The summed E-state index contributed by atoms with van der Waals surface area (Å²) in [4.78, 5) is 6.93. The Kier molecular flexibility index (Phi) is 5.00. The fourth-order valence-electron chi connectivity index (χ4n) is 2.63. The molecule has 1 atom stereocenters. The van der Waals surface area contributed by atoms with Crippen LogP contribution in [0, 0.1) is 6.92 Å². The lowest BCUT2D eigenvalue weighted by atomic mass is 10.1. The van der Waals surface area contributed by atoms with Crippen LogP contribution in [0.15, 0.2) is 18.3 Å². The summed E-state index contributed by atoms with van der Waals surface area (Å²) < 4.78 is 0. The van der Waals surface area contributed by atoms with E-state index in [-0.39, 0.29) is 0 Å². The predicted octanol–water partition coefficient (Wildman–Crippen LogP) is 3.07. The molecule has 1 unspecified atom stereocenters. The lowest BCUT2D eigenvalue weighted by Gasteiger charge is -2.20. The Balaban J connectivity index is 1.84. The number of rotatable bonds is 4. The lowest BCUT2D eigenvalue weighted by molar-refractivity contribution is 0.285. The van der Waals surface area contributed by atoms with Gasteiger partial charge < -0.3 is 10.2 Å². The first-order chi connectivity index (χ1) is 8.78. The average Bonchev–Trinajstić information content (AvgIpc) is 2.59. The zero-order chi connectivity index (χ0) is 12.8. The molecule has 1 aliphatic rings. The largest absolute Gasteiger partial charge is 0.381 e. The number of aryl methyl sites for hydroxylation is 1. The van der Waals surface area contributed by atoms with Crippen molar-refractivity contribution in [2.45, 2.75) is 45.6 Å². The van der Waals surface area contributed by atoms with Gasteiger partial charge in [0.2, 0.25) is 0 Å². The highest BCUT2D eigenvalue weighted by molar-refractivity contribution is 5.41. The molecule has 0 spiro atoms. The zero-order valence-electron chi connectivity index (χ0n) is 11.7. The molecule has 0 bridgehead atoms. The number of likely N-dealkylation sites (tertiary alicyclic amines) is 1. The zero-order valence-corrected chi connectivity index (χ0v) is 11.7. The molecule has 1 aromatic heterocycles. The number of hydrogen-bond donors (Lipinski definition) is 1. The van der Waals surface area contributed by atoms with Gasteiger partial charge in [-0.25, -0.2) is 0 Å². The van der Waals surface area contributed by atoms with E-state index < -0.39 is 0 Å². The topological polar surface area (TPSA) is 28.2 Å². The van der Waals surface area contributed by atoms with E-state index in [0.717, 1.165) is 11.4 Å². The fraction of sp³-hybridized carbons (Fsp3) is 0.667. The molecule has 3 heteroatoms. The Labute approximate surface area is 111 Å². The Hall–Kier alpha value is -1.09. The van der Waals surface area contributed by atoms with Crippen molar-refractivity contribution in [3.05, 3.63) is 24.0 Å². The van der Waals surface area contributed by atoms with Crippen LogP contribution in [0.4, 0.5) is 5.69 Å². The SMILES string of the molecule is CCCN1CCCC(Nc2ccc(C)nc2)CC1. The van der Waals surface area contributed by atoms with Crippen LogP contribution in [0.3, 0.4) is 0 Å². The second-order valence-corrected chi connectivity index (χ2v) is 5.30. The van der Waals surface area contributed by atoms with Crippen LogP contribution in [-0.2, 0) is 0 Å². The minimum Gasteiger partial charge on any atom is -0.381 e. The minimum atomic E-state index is 0.608. The maximum absolute atomic E-state index is 4.34. The summed E-state index contributed by atoms with van der Waals surface area (Å²) >= 11 is 0. The van der Waals surface area contributed by atoms with Gasteiger partial charge in [0.25, 0.3) is 0 Å². The molecule has 1 N–H and O–H groups in total. The summed E-state index contributed by atoms with van der Waals surface area (Å²) in [5, 5.41) is 3.62. The first kappa shape index (κ1) is 13.3. The van der Waals surface area contributed by atoms with Crippen molar-refractivity contribution in [3.8, 4) is 0 Å². The summed E-state index contributed by atoms with van der Waals surface area (Å²) in [7, 11) is 0. The van der Waals surface area contributed by atoms with Crippen molar-refractivity contribution in [2.75, 3.05) is 25.0 Å². The molecule has 1 fully saturated rings. The predicted molar refractivity (Wildman–Crippen MR) is 77.0 cm³/mol. The van der Waals surface area contributed by atoms with Gasteiger partial charge in [0.1, 0.15) is 0 Å². The van der Waals surface area contributed by atoms with Crippen molar-refractivity contribution in [2.24, 2.45) is 0 Å². The van der Waals surface area contributed by atoms with Crippen molar-refractivity contribution in [3.63, 3.8) is 0 Å². The van der Waals surface area contributed by atoms with Crippen LogP contribution in [-0.4, -0.2) is 35.6 Å². The first-order valence-electron chi connectivity index (χ1n) is 7.19. The van der Waals surface area contributed by atoms with Gasteiger partial charge in [-0.1, -0.05) is 6.92 Å². The molecule has 0 radical (unpaired) electrons. The Bertz CT molecular complexity index is 347. The molecule has 0 amide bonds. The number of nitrogens with one attached hydrogen (secondary N) is 1. The molecule has 2 heterocycles. The van der Waals surface area contributed by atoms with Crippen molar-refractivity contribution >= 4 is 5.69 Å². The summed E-state index contributed by atoms with van der Waals surface area (Å²) in [6.07, 6.45) is 7.03.